The van der Waals surface area contributed by atoms with Crippen molar-refractivity contribution < 1.29 is 32.0 Å². The van der Waals surface area contributed by atoms with E-state index in [1.165, 1.54) is 7.11 Å². The van der Waals surface area contributed by atoms with E-state index in [1.807, 2.05) is 0 Å². The van der Waals surface area contributed by atoms with Crippen molar-refractivity contribution in [3.05, 3.63) is 17.5 Å². The summed E-state index contributed by atoms with van der Waals surface area (Å²) in [5.41, 5.74) is -0.297. The monoisotopic (exact) mass is 331 g/mol. The molecule has 0 radical (unpaired) electrons. The normalized spacial score (nSPS) is 26.9. The third kappa shape index (κ3) is 2.98. The van der Waals surface area contributed by atoms with Crippen LogP contribution in [0.2, 0.25) is 0 Å². The van der Waals surface area contributed by atoms with Gasteiger partial charge in [-0.2, -0.15) is 13.2 Å². The number of ether oxygens (including phenoxy) is 1. The summed E-state index contributed by atoms with van der Waals surface area (Å²) in [6, 6.07) is 0.567. The molecular weight excluding hydrogens is 315 g/mol. The molecule has 126 valence electrons. The van der Waals surface area contributed by atoms with E-state index >= 15 is 0 Å². The van der Waals surface area contributed by atoms with Crippen LogP contribution in [-0.2, 0) is 15.7 Å². The van der Waals surface area contributed by atoms with Gasteiger partial charge in [-0.05, 0) is 37.0 Å². The van der Waals surface area contributed by atoms with Gasteiger partial charge in [0.15, 0.2) is 5.78 Å². The number of ketones is 1. The van der Waals surface area contributed by atoms with Crippen LogP contribution >= 0.6 is 0 Å². The van der Waals surface area contributed by atoms with Gasteiger partial charge in [-0.3, -0.25) is 9.59 Å². The molecule has 3 aliphatic carbocycles. The van der Waals surface area contributed by atoms with Crippen molar-refractivity contribution in [2.24, 2.45) is 17.3 Å². The van der Waals surface area contributed by atoms with Gasteiger partial charge in [-0.15, -0.1) is 0 Å². The van der Waals surface area contributed by atoms with Gasteiger partial charge in [0.25, 0.3) is 0 Å². The lowest BCUT2D eigenvalue weighted by Crippen LogP contribution is -2.53. The molecule has 1 heterocycles. The van der Waals surface area contributed by atoms with E-state index in [2.05, 4.69) is 9.68 Å². The predicted molar refractivity (Wildman–Crippen MR) is 70.3 cm³/mol. The molecule has 0 saturated heterocycles. The molecular formula is C15H16F3NO4. The third-order valence-electron chi connectivity index (χ3n) is 4.89. The first-order chi connectivity index (χ1) is 10.7. The lowest BCUT2D eigenvalue weighted by Gasteiger charge is -2.63. The summed E-state index contributed by atoms with van der Waals surface area (Å²) in [6.45, 7) is 0. The van der Waals surface area contributed by atoms with Crippen molar-refractivity contribution >= 4 is 11.8 Å². The highest BCUT2D eigenvalue weighted by molar-refractivity contribution is 5.96. The summed E-state index contributed by atoms with van der Waals surface area (Å²) < 4.78 is 46.3. The number of nitrogens with zero attached hydrogens (tertiary/aromatic N) is 1. The summed E-state index contributed by atoms with van der Waals surface area (Å²) in [4.78, 5) is 24.0. The number of hydrogen-bond acceptors (Lipinski definition) is 5. The Labute approximate surface area is 130 Å². The number of aromatic nitrogens is 1. The largest absolute Gasteiger partial charge is 0.469 e. The SMILES string of the molecule is COC(=O)[C@@H](CC(=O)c1cc(C(F)(F)F)on1)CC12CC(C1)C2. The Kier molecular flexibility index (Phi) is 3.72. The number of Topliss-reactive ketones (excluding diaryl/α,β-unsaturated/α-hetero) is 1. The maximum Gasteiger partial charge on any atom is 0.452 e. The van der Waals surface area contributed by atoms with Crippen LogP contribution in [0.1, 0.15) is 48.4 Å². The van der Waals surface area contributed by atoms with Crippen molar-refractivity contribution in [2.45, 2.75) is 38.3 Å². The van der Waals surface area contributed by atoms with Crippen LogP contribution in [0, 0.1) is 17.3 Å². The summed E-state index contributed by atoms with van der Waals surface area (Å²) in [5, 5.41) is 3.16. The van der Waals surface area contributed by atoms with E-state index in [-0.39, 0.29) is 11.8 Å². The van der Waals surface area contributed by atoms with E-state index in [9.17, 15) is 22.8 Å². The first-order valence-electron chi connectivity index (χ1n) is 7.37. The number of carbonyl (C=O) groups excluding carboxylic acids is 2. The van der Waals surface area contributed by atoms with Gasteiger partial charge in [0.1, 0.15) is 5.69 Å². The number of halogens is 3. The fraction of sp³-hybridized carbons (Fsp3) is 0.667. The highest BCUT2D eigenvalue weighted by atomic mass is 19.4. The second-order valence-corrected chi connectivity index (χ2v) is 6.60. The van der Waals surface area contributed by atoms with Gasteiger partial charge >= 0.3 is 12.1 Å². The summed E-state index contributed by atoms with van der Waals surface area (Å²) in [5.74, 6) is -2.41. The molecule has 1 atom stereocenters. The minimum absolute atomic E-state index is 0.116. The molecule has 3 saturated carbocycles. The van der Waals surface area contributed by atoms with E-state index in [0.29, 0.717) is 12.5 Å². The maximum atomic E-state index is 12.5. The highest BCUT2D eigenvalue weighted by Crippen LogP contribution is 2.67. The number of hydrogen-bond donors (Lipinski definition) is 0. The number of alkyl halides is 3. The molecule has 23 heavy (non-hydrogen) atoms. The van der Waals surface area contributed by atoms with Gasteiger partial charge in [0.2, 0.25) is 5.76 Å². The van der Waals surface area contributed by atoms with Gasteiger partial charge < -0.3 is 9.26 Å². The topological polar surface area (TPSA) is 69.4 Å². The van der Waals surface area contributed by atoms with Crippen molar-refractivity contribution in [1.29, 1.82) is 0 Å². The zero-order valence-electron chi connectivity index (χ0n) is 12.5. The Bertz CT molecular complexity index is 620. The molecule has 0 spiro atoms. The smallest absolute Gasteiger partial charge is 0.452 e. The molecule has 3 aliphatic rings. The maximum absolute atomic E-state index is 12.5. The first-order valence-corrected chi connectivity index (χ1v) is 7.37. The fourth-order valence-corrected chi connectivity index (χ4v) is 3.70. The van der Waals surface area contributed by atoms with E-state index < -0.39 is 35.3 Å². The molecule has 0 amide bonds. The quantitative estimate of drug-likeness (QED) is 0.591. The van der Waals surface area contributed by atoms with Gasteiger partial charge in [-0.25, -0.2) is 0 Å². The zero-order valence-corrected chi connectivity index (χ0v) is 12.5. The summed E-state index contributed by atoms with van der Waals surface area (Å²) in [7, 11) is 1.24. The van der Waals surface area contributed by atoms with Crippen molar-refractivity contribution in [2.75, 3.05) is 7.11 Å². The van der Waals surface area contributed by atoms with E-state index in [1.54, 1.807) is 0 Å². The Morgan fingerprint density at radius 2 is 2.09 bits per heavy atom. The lowest BCUT2D eigenvalue weighted by atomic mass is 9.42. The van der Waals surface area contributed by atoms with Gasteiger partial charge in [0, 0.05) is 12.5 Å². The van der Waals surface area contributed by atoms with Crippen molar-refractivity contribution in [3.8, 4) is 0 Å². The standard InChI is InChI=1S/C15H16F3NO4/c1-22-13(21)9(7-14-4-8(5-14)6-14)2-11(20)10-3-12(23-19-10)15(16,17)18/h3,8-9H,2,4-7H2,1H3/t8?,9-,14?/m0/s1. The summed E-state index contributed by atoms with van der Waals surface area (Å²) >= 11 is 0. The number of carbonyl (C=O) groups is 2. The average molecular weight is 331 g/mol. The second-order valence-electron chi connectivity index (χ2n) is 6.60. The van der Waals surface area contributed by atoms with Gasteiger partial charge in [-0.1, -0.05) is 5.16 Å². The molecule has 1 aromatic rings. The predicted octanol–water partition coefficient (Wildman–Crippen LogP) is 3.25. The molecule has 8 heteroatoms. The third-order valence-corrected chi connectivity index (χ3v) is 4.89. The molecule has 1 aromatic heterocycles. The molecule has 2 bridgehead atoms. The Balaban J connectivity index is 1.67. The van der Waals surface area contributed by atoms with Crippen LogP contribution in [0.25, 0.3) is 0 Å². The second kappa shape index (κ2) is 5.35. The molecule has 3 fully saturated rings. The van der Waals surface area contributed by atoms with Crippen LogP contribution < -0.4 is 0 Å². The molecule has 0 N–H and O–H groups in total. The summed E-state index contributed by atoms with van der Waals surface area (Å²) in [6.07, 6.45) is -1.22. The number of esters is 1. The van der Waals surface area contributed by atoms with Crippen LogP contribution in [0.15, 0.2) is 10.6 Å². The molecule has 4 rings (SSSR count). The zero-order chi connectivity index (χ0) is 16.8. The van der Waals surface area contributed by atoms with Crippen molar-refractivity contribution in [3.63, 3.8) is 0 Å². The Morgan fingerprint density at radius 3 is 2.52 bits per heavy atom. The number of rotatable bonds is 6. The Morgan fingerprint density at radius 1 is 1.43 bits per heavy atom. The van der Waals surface area contributed by atoms with Crippen LogP contribution in [0.3, 0.4) is 0 Å². The van der Waals surface area contributed by atoms with E-state index in [4.69, 9.17) is 4.74 Å². The highest BCUT2D eigenvalue weighted by Gasteiger charge is 2.57. The average Bonchev–Trinajstić information content (AvgIpc) is 2.88. The van der Waals surface area contributed by atoms with E-state index in [0.717, 1.165) is 25.2 Å². The van der Waals surface area contributed by atoms with Crippen LogP contribution in [0.5, 0.6) is 0 Å². The first kappa shape index (κ1) is 16.0. The van der Waals surface area contributed by atoms with Gasteiger partial charge in [0.05, 0.1) is 13.0 Å². The van der Waals surface area contributed by atoms with Crippen LogP contribution in [-0.4, -0.2) is 24.0 Å². The molecule has 0 unspecified atom stereocenters. The molecule has 5 nitrogen and oxygen atoms in total. The molecule has 0 aromatic carbocycles. The lowest BCUT2D eigenvalue weighted by molar-refractivity contribution is -0.157. The molecule has 0 aliphatic heterocycles. The number of methoxy groups -OCH3 is 1. The fourth-order valence-electron chi connectivity index (χ4n) is 3.70. The minimum Gasteiger partial charge on any atom is -0.469 e. The Hall–Kier alpha value is -1.86. The minimum atomic E-state index is -4.70. The van der Waals surface area contributed by atoms with Crippen molar-refractivity contribution in [1.82, 2.24) is 5.16 Å². The van der Waals surface area contributed by atoms with Crippen LogP contribution in [0.4, 0.5) is 13.2 Å².